The average molecular weight is 348 g/mol. The fraction of sp³-hybridized carbons (Fsp3) is 0.600. The first-order valence-electron chi connectivity index (χ1n) is 8.23. The van der Waals surface area contributed by atoms with Gasteiger partial charge in [0.1, 0.15) is 5.01 Å². The highest BCUT2D eigenvalue weighted by Crippen LogP contribution is 2.19. The zero-order chi connectivity index (χ0) is 16.7. The SMILES string of the molecule is Cc1nn2c(=O)cc(CN3CCC[C@H](N4CCNC4=O)C3)nc2s1. The highest BCUT2D eigenvalue weighted by molar-refractivity contribution is 7.16. The summed E-state index contributed by atoms with van der Waals surface area (Å²) in [5.74, 6) is 0. The van der Waals surface area contributed by atoms with E-state index in [2.05, 4.69) is 20.3 Å². The summed E-state index contributed by atoms with van der Waals surface area (Å²) >= 11 is 1.42. The van der Waals surface area contributed by atoms with Gasteiger partial charge in [0.05, 0.1) is 5.69 Å². The maximum Gasteiger partial charge on any atom is 0.317 e. The van der Waals surface area contributed by atoms with Crippen LogP contribution in [0.25, 0.3) is 4.96 Å². The van der Waals surface area contributed by atoms with Crippen LogP contribution >= 0.6 is 11.3 Å². The van der Waals surface area contributed by atoms with Crippen molar-refractivity contribution in [2.24, 2.45) is 0 Å². The molecule has 0 aromatic carbocycles. The van der Waals surface area contributed by atoms with Crippen molar-refractivity contribution in [3.8, 4) is 0 Å². The number of nitrogens with zero attached hydrogens (tertiary/aromatic N) is 5. The second-order valence-corrected chi connectivity index (χ2v) is 7.52. The molecule has 4 rings (SSSR count). The van der Waals surface area contributed by atoms with Crippen molar-refractivity contribution < 1.29 is 4.79 Å². The van der Waals surface area contributed by atoms with E-state index in [0.29, 0.717) is 11.5 Å². The molecule has 0 radical (unpaired) electrons. The molecule has 0 saturated carbocycles. The normalized spacial score (nSPS) is 22.3. The summed E-state index contributed by atoms with van der Waals surface area (Å²) in [6, 6.07) is 1.86. The molecule has 2 saturated heterocycles. The van der Waals surface area contributed by atoms with Gasteiger partial charge >= 0.3 is 6.03 Å². The predicted octanol–water partition coefficient (Wildman–Crippen LogP) is 0.449. The van der Waals surface area contributed by atoms with Crippen LogP contribution in [0.1, 0.15) is 23.5 Å². The Morgan fingerprint density at radius 2 is 2.25 bits per heavy atom. The molecule has 2 amide bonds. The molecule has 0 aliphatic carbocycles. The highest BCUT2D eigenvalue weighted by Gasteiger charge is 2.31. The van der Waals surface area contributed by atoms with Crippen LogP contribution in [0.15, 0.2) is 10.9 Å². The summed E-state index contributed by atoms with van der Waals surface area (Å²) in [6.45, 7) is 5.81. The topological polar surface area (TPSA) is 82.8 Å². The average Bonchev–Trinajstić information content (AvgIpc) is 3.13. The molecule has 9 heteroatoms. The predicted molar refractivity (Wildman–Crippen MR) is 90.3 cm³/mol. The molecule has 4 heterocycles. The quantitative estimate of drug-likeness (QED) is 0.871. The van der Waals surface area contributed by atoms with Gasteiger partial charge < -0.3 is 10.2 Å². The minimum Gasteiger partial charge on any atom is -0.336 e. The number of fused-ring (bicyclic) bond motifs is 1. The monoisotopic (exact) mass is 348 g/mol. The van der Waals surface area contributed by atoms with Gasteiger partial charge in [-0.25, -0.2) is 9.78 Å². The van der Waals surface area contributed by atoms with Crippen LogP contribution in [-0.4, -0.2) is 62.6 Å². The standard InChI is InChI=1S/C15H20N6O2S/c1-10-18-21-13(22)7-11(17-15(21)24-10)8-19-5-2-3-12(9-19)20-6-4-16-14(20)23/h7,12H,2-6,8-9H2,1H3,(H,16,23)/t12-/m0/s1. The molecule has 2 aliphatic heterocycles. The van der Waals surface area contributed by atoms with Crippen molar-refractivity contribution >= 4 is 22.3 Å². The Hall–Kier alpha value is -2.00. The third kappa shape index (κ3) is 2.89. The van der Waals surface area contributed by atoms with Gasteiger partial charge in [-0.3, -0.25) is 9.69 Å². The Balaban J connectivity index is 1.50. The number of nitrogens with one attached hydrogen (secondary N) is 1. The molecule has 0 unspecified atom stereocenters. The molecule has 24 heavy (non-hydrogen) atoms. The van der Waals surface area contributed by atoms with Crippen LogP contribution in [0.4, 0.5) is 4.79 Å². The number of hydrogen-bond acceptors (Lipinski definition) is 6. The fourth-order valence-electron chi connectivity index (χ4n) is 3.53. The summed E-state index contributed by atoms with van der Waals surface area (Å²) in [7, 11) is 0. The molecule has 2 aliphatic rings. The van der Waals surface area contributed by atoms with Gasteiger partial charge in [-0.1, -0.05) is 11.3 Å². The lowest BCUT2D eigenvalue weighted by atomic mass is 10.0. The number of carbonyl (C=O) groups excluding carboxylic acids is 1. The summed E-state index contributed by atoms with van der Waals surface area (Å²) < 4.78 is 1.36. The van der Waals surface area contributed by atoms with Crippen molar-refractivity contribution in [2.45, 2.75) is 32.4 Å². The lowest BCUT2D eigenvalue weighted by Crippen LogP contribution is -2.48. The summed E-state index contributed by atoms with van der Waals surface area (Å²) in [5.41, 5.74) is 0.641. The smallest absolute Gasteiger partial charge is 0.317 e. The molecule has 2 fully saturated rings. The number of carbonyl (C=O) groups is 1. The van der Waals surface area contributed by atoms with Gasteiger partial charge in [0.25, 0.3) is 5.56 Å². The Kier molecular flexibility index (Phi) is 3.97. The molecule has 128 valence electrons. The molecule has 2 aromatic rings. The highest BCUT2D eigenvalue weighted by atomic mass is 32.1. The summed E-state index contributed by atoms with van der Waals surface area (Å²) in [5, 5.41) is 7.87. The van der Waals surface area contributed by atoms with E-state index < -0.39 is 0 Å². The van der Waals surface area contributed by atoms with Gasteiger partial charge in [0.2, 0.25) is 4.96 Å². The number of piperidine rings is 1. The molecular weight excluding hydrogens is 328 g/mol. The Bertz CT molecular complexity index is 831. The van der Waals surface area contributed by atoms with Gasteiger partial charge in [0.15, 0.2) is 0 Å². The third-order valence-electron chi connectivity index (χ3n) is 4.60. The molecule has 0 bridgehead atoms. The molecule has 8 nitrogen and oxygen atoms in total. The zero-order valence-electron chi connectivity index (χ0n) is 13.6. The van der Waals surface area contributed by atoms with E-state index >= 15 is 0 Å². The number of hydrogen-bond donors (Lipinski definition) is 1. The summed E-state index contributed by atoms with van der Waals surface area (Å²) in [6.07, 6.45) is 2.09. The van der Waals surface area contributed by atoms with Crippen molar-refractivity contribution in [1.82, 2.24) is 29.7 Å². The molecular formula is C15H20N6O2S. The first kappa shape index (κ1) is 15.5. The number of rotatable bonds is 3. The van der Waals surface area contributed by atoms with Crippen molar-refractivity contribution in [3.05, 3.63) is 27.1 Å². The van der Waals surface area contributed by atoms with E-state index in [4.69, 9.17) is 0 Å². The number of likely N-dealkylation sites (tertiary alicyclic amines) is 1. The van der Waals surface area contributed by atoms with Crippen LogP contribution in [0.5, 0.6) is 0 Å². The van der Waals surface area contributed by atoms with Gasteiger partial charge in [0, 0.05) is 38.3 Å². The molecule has 1 N–H and O–H groups in total. The first-order valence-corrected chi connectivity index (χ1v) is 9.05. The number of aryl methyl sites for hydroxylation is 1. The molecule has 1 atom stereocenters. The van der Waals surface area contributed by atoms with Gasteiger partial charge in [-0.15, -0.1) is 0 Å². The second-order valence-electron chi connectivity index (χ2n) is 6.36. The lowest BCUT2D eigenvalue weighted by molar-refractivity contribution is 0.121. The van der Waals surface area contributed by atoms with Crippen LogP contribution in [-0.2, 0) is 6.54 Å². The van der Waals surface area contributed by atoms with Crippen LogP contribution in [0, 0.1) is 6.92 Å². The van der Waals surface area contributed by atoms with E-state index in [0.717, 1.165) is 49.7 Å². The minimum absolute atomic E-state index is 0.0415. The summed E-state index contributed by atoms with van der Waals surface area (Å²) in [4.78, 5) is 33.5. The maximum atomic E-state index is 12.2. The van der Waals surface area contributed by atoms with Gasteiger partial charge in [-0.2, -0.15) is 9.61 Å². The Labute approximate surface area is 143 Å². The van der Waals surface area contributed by atoms with E-state index in [1.165, 1.54) is 15.9 Å². The van der Waals surface area contributed by atoms with E-state index in [1.807, 2.05) is 11.8 Å². The number of aromatic nitrogens is 3. The van der Waals surface area contributed by atoms with E-state index in [-0.39, 0.29) is 17.6 Å². The third-order valence-corrected chi connectivity index (χ3v) is 5.42. The van der Waals surface area contributed by atoms with E-state index in [1.54, 1.807) is 6.07 Å². The zero-order valence-corrected chi connectivity index (χ0v) is 14.4. The van der Waals surface area contributed by atoms with Crippen molar-refractivity contribution in [2.75, 3.05) is 26.2 Å². The second kappa shape index (κ2) is 6.14. The van der Waals surface area contributed by atoms with E-state index in [9.17, 15) is 9.59 Å². The Morgan fingerprint density at radius 1 is 1.38 bits per heavy atom. The number of urea groups is 1. The molecule has 2 aromatic heterocycles. The minimum atomic E-state index is -0.133. The lowest BCUT2D eigenvalue weighted by Gasteiger charge is -2.36. The fourth-order valence-corrected chi connectivity index (χ4v) is 4.29. The first-order chi connectivity index (χ1) is 11.6. The van der Waals surface area contributed by atoms with Crippen LogP contribution in [0.2, 0.25) is 0 Å². The maximum absolute atomic E-state index is 12.2. The van der Waals surface area contributed by atoms with Crippen LogP contribution in [0.3, 0.4) is 0 Å². The largest absolute Gasteiger partial charge is 0.336 e. The van der Waals surface area contributed by atoms with Crippen molar-refractivity contribution in [1.29, 1.82) is 0 Å². The Morgan fingerprint density at radius 3 is 3.04 bits per heavy atom. The van der Waals surface area contributed by atoms with Crippen LogP contribution < -0.4 is 10.9 Å². The number of amides is 2. The molecule has 0 spiro atoms. The van der Waals surface area contributed by atoms with Gasteiger partial charge in [-0.05, 0) is 26.3 Å². The van der Waals surface area contributed by atoms with Crippen molar-refractivity contribution in [3.63, 3.8) is 0 Å².